The minimum Gasteiger partial charge on any atom is -0.469 e. The quantitative estimate of drug-likeness (QED) is 0.489. The molecule has 0 aliphatic rings. The molecule has 19 heavy (non-hydrogen) atoms. The topological polar surface area (TPSA) is 77.2 Å². The molecule has 0 bridgehead atoms. The number of aromatic nitrogens is 1. The number of nitrogens with zero attached hydrogens (tertiary/aromatic N) is 1. The Hall–Kier alpha value is -2.30. The second-order valence-electron chi connectivity index (χ2n) is 4.25. The van der Waals surface area contributed by atoms with Crippen molar-refractivity contribution < 1.29 is 9.53 Å². The van der Waals surface area contributed by atoms with Crippen molar-refractivity contribution in [3.05, 3.63) is 30.5 Å². The van der Waals surface area contributed by atoms with Crippen LogP contribution in [-0.2, 0) is 9.53 Å². The van der Waals surface area contributed by atoms with Crippen LogP contribution in [0.5, 0.6) is 0 Å². The number of methoxy groups -OCH3 is 1. The number of carbonyl (C=O) groups excluding carboxylic acids is 1. The van der Waals surface area contributed by atoms with Gasteiger partial charge in [0.1, 0.15) is 5.82 Å². The standard InChI is InChI=1S/C14H17N3O2/c1-19-13(18)3-2-7-16-14-12-9-11(15)5-4-10(12)6-8-17-14/h4-6,8-9H,2-3,7,15H2,1H3,(H,16,17). The van der Waals surface area contributed by atoms with E-state index in [1.165, 1.54) is 7.11 Å². The van der Waals surface area contributed by atoms with E-state index >= 15 is 0 Å². The van der Waals surface area contributed by atoms with E-state index in [0.29, 0.717) is 25.1 Å². The number of hydrogen-bond donors (Lipinski definition) is 2. The number of hydrogen-bond acceptors (Lipinski definition) is 5. The third kappa shape index (κ3) is 3.34. The van der Waals surface area contributed by atoms with Crippen molar-refractivity contribution in [2.24, 2.45) is 0 Å². The highest BCUT2D eigenvalue weighted by molar-refractivity contribution is 5.93. The molecule has 2 rings (SSSR count). The predicted molar refractivity (Wildman–Crippen MR) is 75.9 cm³/mol. The molecule has 1 aromatic carbocycles. The van der Waals surface area contributed by atoms with Crippen LogP contribution >= 0.6 is 0 Å². The minimum absolute atomic E-state index is 0.197. The first-order chi connectivity index (χ1) is 9.20. The Labute approximate surface area is 111 Å². The summed E-state index contributed by atoms with van der Waals surface area (Å²) in [5.41, 5.74) is 6.50. The molecule has 5 nitrogen and oxygen atoms in total. The first kappa shape index (κ1) is 13.1. The average molecular weight is 259 g/mol. The van der Waals surface area contributed by atoms with Gasteiger partial charge in [0.05, 0.1) is 7.11 Å². The lowest BCUT2D eigenvalue weighted by atomic mass is 10.1. The monoisotopic (exact) mass is 259 g/mol. The van der Waals surface area contributed by atoms with Crippen molar-refractivity contribution in [1.82, 2.24) is 4.98 Å². The second kappa shape index (κ2) is 6.04. The molecule has 0 amide bonds. The van der Waals surface area contributed by atoms with Crippen LogP contribution in [0.4, 0.5) is 11.5 Å². The van der Waals surface area contributed by atoms with Gasteiger partial charge in [-0.2, -0.15) is 0 Å². The Kier molecular flexibility index (Phi) is 4.18. The summed E-state index contributed by atoms with van der Waals surface area (Å²) < 4.78 is 4.59. The van der Waals surface area contributed by atoms with Crippen LogP contribution in [0.1, 0.15) is 12.8 Å². The van der Waals surface area contributed by atoms with Gasteiger partial charge in [-0.1, -0.05) is 6.07 Å². The third-order valence-corrected chi connectivity index (χ3v) is 2.87. The van der Waals surface area contributed by atoms with E-state index in [1.807, 2.05) is 24.3 Å². The van der Waals surface area contributed by atoms with Crippen molar-refractivity contribution in [3.63, 3.8) is 0 Å². The van der Waals surface area contributed by atoms with Gasteiger partial charge in [-0.15, -0.1) is 0 Å². The van der Waals surface area contributed by atoms with E-state index in [0.717, 1.165) is 16.6 Å². The molecule has 100 valence electrons. The van der Waals surface area contributed by atoms with Crippen LogP contribution in [-0.4, -0.2) is 24.6 Å². The van der Waals surface area contributed by atoms with Gasteiger partial charge in [0.15, 0.2) is 0 Å². The third-order valence-electron chi connectivity index (χ3n) is 2.87. The van der Waals surface area contributed by atoms with Gasteiger partial charge in [-0.3, -0.25) is 4.79 Å². The fourth-order valence-electron chi connectivity index (χ4n) is 1.87. The van der Waals surface area contributed by atoms with Gasteiger partial charge >= 0.3 is 5.97 Å². The van der Waals surface area contributed by atoms with Gasteiger partial charge in [0, 0.05) is 30.2 Å². The maximum atomic E-state index is 11.0. The summed E-state index contributed by atoms with van der Waals surface area (Å²) in [5.74, 6) is 0.589. The largest absolute Gasteiger partial charge is 0.469 e. The smallest absolute Gasteiger partial charge is 0.305 e. The molecule has 1 aromatic heterocycles. The van der Waals surface area contributed by atoms with Crippen molar-refractivity contribution in [1.29, 1.82) is 0 Å². The van der Waals surface area contributed by atoms with E-state index in [4.69, 9.17) is 5.73 Å². The molecule has 0 saturated carbocycles. The van der Waals surface area contributed by atoms with Crippen LogP contribution in [0.2, 0.25) is 0 Å². The Bertz CT molecular complexity index is 584. The van der Waals surface area contributed by atoms with Crippen LogP contribution in [0.3, 0.4) is 0 Å². The molecule has 0 radical (unpaired) electrons. The highest BCUT2D eigenvalue weighted by Gasteiger charge is 2.03. The summed E-state index contributed by atoms with van der Waals surface area (Å²) in [7, 11) is 1.39. The van der Waals surface area contributed by atoms with E-state index < -0.39 is 0 Å². The van der Waals surface area contributed by atoms with Crippen LogP contribution in [0.25, 0.3) is 10.8 Å². The Morgan fingerprint density at radius 3 is 3.05 bits per heavy atom. The molecule has 0 saturated heterocycles. The molecule has 0 aliphatic heterocycles. The maximum Gasteiger partial charge on any atom is 0.305 e. The number of nitrogens with two attached hydrogens (primary N) is 1. The number of anilines is 2. The number of nitrogens with one attached hydrogen (secondary N) is 1. The van der Waals surface area contributed by atoms with Crippen LogP contribution in [0.15, 0.2) is 30.5 Å². The number of pyridine rings is 1. The van der Waals surface area contributed by atoms with Gasteiger partial charge in [0.2, 0.25) is 0 Å². The first-order valence-corrected chi connectivity index (χ1v) is 6.15. The highest BCUT2D eigenvalue weighted by Crippen LogP contribution is 2.23. The van der Waals surface area contributed by atoms with E-state index in [9.17, 15) is 4.79 Å². The molecule has 3 N–H and O–H groups in total. The number of esters is 1. The van der Waals surface area contributed by atoms with Crippen molar-refractivity contribution in [2.75, 3.05) is 24.7 Å². The molecule has 0 atom stereocenters. The Morgan fingerprint density at radius 1 is 1.42 bits per heavy atom. The molecule has 0 spiro atoms. The normalized spacial score (nSPS) is 10.4. The minimum atomic E-state index is -0.197. The first-order valence-electron chi connectivity index (χ1n) is 6.15. The van der Waals surface area contributed by atoms with Crippen molar-refractivity contribution in [2.45, 2.75) is 12.8 Å². The molecule has 1 heterocycles. The maximum absolute atomic E-state index is 11.0. The SMILES string of the molecule is COC(=O)CCCNc1nccc2ccc(N)cc12. The van der Waals surface area contributed by atoms with Crippen molar-refractivity contribution >= 4 is 28.2 Å². The molecule has 0 aliphatic carbocycles. The molecule has 0 fully saturated rings. The number of nitrogen functional groups attached to an aromatic ring is 1. The van der Waals surface area contributed by atoms with Gasteiger partial charge in [-0.05, 0) is 30.0 Å². The molecule has 2 aromatic rings. The average Bonchev–Trinajstić information content (AvgIpc) is 2.43. The van der Waals surface area contributed by atoms with E-state index in [1.54, 1.807) is 6.20 Å². The van der Waals surface area contributed by atoms with Crippen molar-refractivity contribution in [3.8, 4) is 0 Å². The number of rotatable bonds is 5. The lowest BCUT2D eigenvalue weighted by molar-refractivity contribution is -0.140. The molecular weight excluding hydrogens is 242 g/mol. The lowest BCUT2D eigenvalue weighted by Crippen LogP contribution is -2.07. The zero-order valence-electron chi connectivity index (χ0n) is 10.8. The van der Waals surface area contributed by atoms with Crippen LogP contribution in [0, 0.1) is 0 Å². The van der Waals surface area contributed by atoms with Gasteiger partial charge < -0.3 is 15.8 Å². The number of ether oxygens (including phenoxy) is 1. The highest BCUT2D eigenvalue weighted by atomic mass is 16.5. The number of carbonyl (C=O) groups is 1. The molecule has 0 unspecified atom stereocenters. The molecule has 5 heteroatoms. The summed E-state index contributed by atoms with van der Waals surface area (Å²) in [6.07, 6.45) is 2.85. The predicted octanol–water partition coefficient (Wildman–Crippen LogP) is 2.18. The fraction of sp³-hybridized carbons (Fsp3) is 0.286. The van der Waals surface area contributed by atoms with E-state index in [-0.39, 0.29) is 5.97 Å². The fourth-order valence-corrected chi connectivity index (χ4v) is 1.87. The summed E-state index contributed by atoms with van der Waals surface area (Å²) in [5, 5.41) is 5.29. The van der Waals surface area contributed by atoms with Gasteiger partial charge in [0.25, 0.3) is 0 Å². The zero-order chi connectivity index (χ0) is 13.7. The second-order valence-corrected chi connectivity index (χ2v) is 4.25. The Morgan fingerprint density at radius 2 is 2.26 bits per heavy atom. The van der Waals surface area contributed by atoms with Gasteiger partial charge in [-0.25, -0.2) is 4.98 Å². The summed E-state index contributed by atoms with van der Waals surface area (Å²) in [6, 6.07) is 7.66. The number of benzene rings is 1. The summed E-state index contributed by atoms with van der Waals surface area (Å²) in [6.45, 7) is 0.663. The summed E-state index contributed by atoms with van der Waals surface area (Å²) in [4.78, 5) is 15.3. The number of fused-ring (bicyclic) bond motifs is 1. The van der Waals surface area contributed by atoms with Crippen LogP contribution < -0.4 is 11.1 Å². The Balaban J connectivity index is 2.04. The summed E-state index contributed by atoms with van der Waals surface area (Å²) >= 11 is 0. The lowest BCUT2D eigenvalue weighted by Gasteiger charge is -2.08. The zero-order valence-corrected chi connectivity index (χ0v) is 10.8. The van der Waals surface area contributed by atoms with E-state index in [2.05, 4.69) is 15.0 Å². The molecular formula is C14H17N3O2.